The maximum atomic E-state index is 11.2. The molecule has 0 radical (unpaired) electrons. The Balaban J connectivity index is 3.93. The average Bonchev–Trinajstić information content (AvgIpc) is 2.32. The molecular weight excluding hydrogens is 212 g/mol. The molecule has 16 heavy (non-hydrogen) atoms. The van der Waals surface area contributed by atoms with Gasteiger partial charge in [-0.2, -0.15) is 0 Å². The summed E-state index contributed by atoms with van der Waals surface area (Å²) >= 11 is 0. The molecule has 0 saturated carbocycles. The number of hydrogen-bond donors (Lipinski definition) is 0. The van der Waals surface area contributed by atoms with Gasteiger partial charge in [-0.25, -0.2) is 9.59 Å². The lowest BCUT2D eigenvalue weighted by Gasteiger charge is -2.13. The van der Waals surface area contributed by atoms with E-state index in [1.807, 2.05) is 0 Å². The van der Waals surface area contributed by atoms with Crippen molar-refractivity contribution in [2.24, 2.45) is 0 Å². The smallest absolute Gasteiger partial charge is 0.346 e. The molecule has 0 saturated heterocycles. The first-order valence-corrected chi connectivity index (χ1v) is 5.44. The van der Waals surface area contributed by atoms with Crippen molar-refractivity contribution in [3.63, 3.8) is 0 Å². The first-order valence-electron chi connectivity index (χ1n) is 5.44. The fraction of sp³-hybridized carbons (Fsp3) is 0.818. The highest BCUT2D eigenvalue weighted by Gasteiger charge is 2.29. The van der Waals surface area contributed by atoms with Gasteiger partial charge < -0.3 is 14.2 Å². The van der Waals surface area contributed by atoms with Crippen LogP contribution < -0.4 is 0 Å². The van der Waals surface area contributed by atoms with E-state index in [0.717, 1.165) is 25.7 Å². The number of carbonyl (C=O) groups is 2. The van der Waals surface area contributed by atoms with Gasteiger partial charge in [0.1, 0.15) is 0 Å². The quantitative estimate of drug-likeness (QED) is 0.358. The average molecular weight is 232 g/mol. The number of unbranched alkanes of at least 4 members (excludes halogenated alkanes) is 3. The second kappa shape index (κ2) is 9.15. The summed E-state index contributed by atoms with van der Waals surface area (Å²) in [7, 11) is 2.41. The van der Waals surface area contributed by atoms with Crippen LogP contribution in [0.25, 0.3) is 0 Å². The van der Waals surface area contributed by atoms with Gasteiger partial charge in [-0.1, -0.05) is 26.2 Å². The molecule has 0 aromatic rings. The van der Waals surface area contributed by atoms with Crippen LogP contribution in [0, 0.1) is 0 Å². The molecule has 0 aliphatic rings. The molecule has 0 atom stereocenters. The highest BCUT2D eigenvalue weighted by Crippen LogP contribution is 2.03. The molecule has 5 heteroatoms. The zero-order valence-corrected chi connectivity index (χ0v) is 10.2. The van der Waals surface area contributed by atoms with Crippen LogP contribution in [0.4, 0.5) is 0 Å². The maximum Gasteiger partial charge on any atom is 0.346 e. The molecule has 94 valence electrons. The standard InChI is InChI=1S/C11H20O5/c1-4-5-6-7-8-16-9(10(12)14-2)11(13)15-3/h9H,4-8H2,1-3H3. The van der Waals surface area contributed by atoms with Crippen molar-refractivity contribution in [3.05, 3.63) is 0 Å². The molecule has 0 N–H and O–H groups in total. The van der Waals surface area contributed by atoms with Crippen LogP contribution in [0.15, 0.2) is 0 Å². The Labute approximate surface area is 96.1 Å². The van der Waals surface area contributed by atoms with E-state index in [-0.39, 0.29) is 0 Å². The van der Waals surface area contributed by atoms with Crippen LogP contribution in [0.5, 0.6) is 0 Å². The van der Waals surface area contributed by atoms with Gasteiger partial charge in [-0.15, -0.1) is 0 Å². The van der Waals surface area contributed by atoms with Gasteiger partial charge in [-0.3, -0.25) is 0 Å². The number of hydrogen-bond acceptors (Lipinski definition) is 5. The van der Waals surface area contributed by atoms with E-state index in [0.29, 0.717) is 6.61 Å². The van der Waals surface area contributed by atoms with Crippen LogP contribution in [-0.4, -0.2) is 38.9 Å². The maximum absolute atomic E-state index is 11.2. The van der Waals surface area contributed by atoms with Crippen LogP contribution in [0.1, 0.15) is 32.6 Å². The zero-order valence-electron chi connectivity index (χ0n) is 10.2. The summed E-state index contributed by atoms with van der Waals surface area (Å²) < 4.78 is 14.0. The summed E-state index contributed by atoms with van der Waals surface area (Å²) in [5.41, 5.74) is 0. The monoisotopic (exact) mass is 232 g/mol. The van der Waals surface area contributed by atoms with E-state index in [2.05, 4.69) is 16.4 Å². The van der Waals surface area contributed by atoms with Crippen LogP contribution in [0.3, 0.4) is 0 Å². The number of rotatable bonds is 8. The first-order chi connectivity index (χ1) is 7.67. The van der Waals surface area contributed by atoms with Gasteiger partial charge in [0.05, 0.1) is 14.2 Å². The number of ether oxygens (including phenoxy) is 3. The van der Waals surface area contributed by atoms with Crippen molar-refractivity contribution in [1.82, 2.24) is 0 Å². The lowest BCUT2D eigenvalue weighted by molar-refractivity contribution is -0.170. The summed E-state index contributed by atoms with van der Waals surface area (Å²) in [5.74, 6) is -1.44. The third-order valence-corrected chi connectivity index (χ3v) is 2.11. The highest BCUT2D eigenvalue weighted by atomic mass is 16.6. The Morgan fingerprint density at radius 3 is 2.00 bits per heavy atom. The Bertz CT molecular complexity index is 198. The van der Waals surface area contributed by atoms with Crippen LogP contribution in [-0.2, 0) is 23.8 Å². The van der Waals surface area contributed by atoms with E-state index in [9.17, 15) is 9.59 Å². The van der Waals surface area contributed by atoms with E-state index >= 15 is 0 Å². The summed E-state index contributed by atoms with van der Waals surface area (Å²) in [6.07, 6.45) is 2.82. The molecule has 0 aliphatic heterocycles. The van der Waals surface area contributed by atoms with Crippen molar-refractivity contribution in [2.75, 3.05) is 20.8 Å². The Morgan fingerprint density at radius 2 is 1.56 bits per heavy atom. The van der Waals surface area contributed by atoms with Gasteiger partial charge in [0.15, 0.2) is 0 Å². The number of carbonyl (C=O) groups excluding carboxylic acids is 2. The van der Waals surface area contributed by atoms with Gasteiger partial charge in [0.25, 0.3) is 6.10 Å². The van der Waals surface area contributed by atoms with Gasteiger partial charge >= 0.3 is 11.9 Å². The lowest BCUT2D eigenvalue weighted by atomic mass is 10.2. The van der Waals surface area contributed by atoms with Gasteiger partial charge in [0.2, 0.25) is 0 Å². The second-order valence-electron chi connectivity index (χ2n) is 3.36. The molecule has 0 fully saturated rings. The number of methoxy groups -OCH3 is 2. The largest absolute Gasteiger partial charge is 0.467 e. The molecule has 0 aromatic carbocycles. The predicted octanol–water partition coefficient (Wildman–Crippen LogP) is 1.30. The van der Waals surface area contributed by atoms with Crippen LogP contribution in [0.2, 0.25) is 0 Å². The molecule has 0 heterocycles. The molecule has 0 rings (SSSR count). The van der Waals surface area contributed by atoms with E-state index in [1.54, 1.807) is 0 Å². The topological polar surface area (TPSA) is 61.8 Å². The second-order valence-corrected chi connectivity index (χ2v) is 3.36. The van der Waals surface area contributed by atoms with Crippen molar-refractivity contribution in [2.45, 2.75) is 38.7 Å². The highest BCUT2D eigenvalue weighted by molar-refractivity contribution is 5.97. The van der Waals surface area contributed by atoms with Crippen molar-refractivity contribution < 1.29 is 23.8 Å². The summed E-state index contributed by atoms with van der Waals surface area (Å²) in [6.45, 7) is 2.46. The molecule has 0 aromatic heterocycles. The minimum atomic E-state index is -1.25. The normalized spacial score (nSPS) is 10.2. The lowest BCUT2D eigenvalue weighted by Crippen LogP contribution is -2.35. The molecule has 0 bridgehead atoms. The van der Waals surface area contributed by atoms with E-state index in [4.69, 9.17) is 4.74 Å². The molecular formula is C11H20O5. The summed E-state index contributed by atoms with van der Waals surface area (Å²) in [5, 5.41) is 0. The minimum absolute atomic E-state index is 0.356. The molecule has 0 spiro atoms. The van der Waals surface area contributed by atoms with E-state index < -0.39 is 18.0 Å². The fourth-order valence-corrected chi connectivity index (χ4v) is 1.18. The first kappa shape index (κ1) is 14.9. The Morgan fingerprint density at radius 1 is 1.00 bits per heavy atom. The SMILES string of the molecule is CCCCCCOC(C(=O)OC)C(=O)OC. The molecule has 0 unspecified atom stereocenters. The fourth-order valence-electron chi connectivity index (χ4n) is 1.18. The molecule has 0 aliphatic carbocycles. The predicted molar refractivity (Wildman–Crippen MR) is 57.9 cm³/mol. The Hall–Kier alpha value is -1.10. The van der Waals surface area contributed by atoms with Crippen molar-refractivity contribution >= 4 is 11.9 Å². The summed E-state index contributed by atoms with van der Waals surface area (Å²) in [4.78, 5) is 22.4. The third-order valence-electron chi connectivity index (χ3n) is 2.11. The Kier molecular flexibility index (Phi) is 8.52. The minimum Gasteiger partial charge on any atom is -0.467 e. The van der Waals surface area contributed by atoms with Gasteiger partial charge in [0, 0.05) is 6.61 Å². The van der Waals surface area contributed by atoms with Gasteiger partial charge in [-0.05, 0) is 6.42 Å². The van der Waals surface area contributed by atoms with E-state index in [1.165, 1.54) is 14.2 Å². The molecule has 5 nitrogen and oxygen atoms in total. The molecule has 0 amide bonds. The number of esters is 2. The van der Waals surface area contributed by atoms with Crippen molar-refractivity contribution in [1.29, 1.82) is 0 Å². The third kappa shape index (κ3) is 5.70. The van der Waals surface area contributed by atoms with Crippen molar-refractivity contribution in [3.8, 4) is 0 Å². The zero-order chi connectivity index (χ0) is 12.4. The van der Waals surface area contributed by atoms with Crippen LogP contribution >= 0.6 is 0 Å². The summed E-state index contributed by atoms with van der Waals surface area (Å²) in [6, 6.07) is 0.